The molecule has 2 aromatic heterocycles. The second-order valence-electron chi connectivity index (χ2n) is 4.72. The first kappa shape index (κ1) is 12.8. The number of anilines is 2. The van der Waals surface area contributed by atoms with Crippen molar-refractivity contribution in [3.05, 3.63) is 15.6 Å². The predicted molar refractivity (Wildman–Crippen MR) is 80.7 cm³/mol. The van der Waals surface area contributed by atoms with Crippen molar-refractivity contribution in [2.75, 3.05) is 36.0 Å². The standard InChI is InChI=1S/C12H17N5S2/c1-8-9(2)18-11(13-8)16-4-6-17(7-5-16)12-15-14-10(3)19-12/h4-7H2,1-3H3. The van der Waals surface area contributed by atoms with Crippen molar-refractivity contribution in [3.63, 3.8) is 0 Å². The van der Waals surface area contributed by atoms with Gasteiger partial charge in [-0.3, -0.25) is 0 Å². The van der Waals surface area contributed by atoms with Crippen LogP contribution in [0.4, 0.5) is 10.3 Å². The molecule has 7 heteroatoms. The Bertz CT molecular complexity index is 549. The van der Waals surface area contributed by atoms with E-state index in [1.54, 1.807) is 22.7 Å². The predicted octanol–water partition coefficient (Wildman–Crippen LogP) is 2.25. The van der Waals surface area contributed by atoms with Crippen molar-refractivity contribution < 1.29 is 0 Å². The van der Waals surface area contributed by atoms with Crippen molar-refractivity contribution in [1.82, 2.24) is 15.2 Å². The van der Waals surface area contributed by atoms with E-state index < -0.39 is 0 Å². The van der Waals surface area contributed by atoms with Crippen LogP contribution in [0, 0.1) is 20.8 Å². The summed E-state index contributed by atoms with van der Waals surface area (Å²) in [4.78, 5) is 10.6. The summed E-state index contributed by atoms with van der Waals surface area (Å²) in [5.41, 5.74) is 1.15. The van der Waals surface area contributed by atoms with Crippen molar-refractivity contribution >= 4 is 32.9 Å². The number of hydrogen-bond donors (Lipinski definition) is 0. The van der Waals surface area contributed by atoms with Crippen LogP contribution in [-0.4, -0.2) is 41.4 Å². The minimum absolute atomic E-state index is 0.992. The summed E-state index contributed by atoms with van der Waals surface area (Å²) in [5.74, 6) is 0. The van der Waals surface area contributed by atoms with Crippen LogP contribution in [0.2, 0.25) is 0 Å². The maximum absolute atomic E-state index is 4.64. The lowest BCUT2D eigenvalue weighted by Crippen LogP contribution is -2.46. The maximum atomic E-state index is 4.64. The Balaban J connectivity index is 1.66. The minimum atomic E-state index is 0.992. The fraction of sp³-hybridized carbons (Fsp3) is 0.583. The van der Waals surface area contributed by atoms with Gasteiger partial charge in [0.2, 0.25) is 5.13 Å². The van der Waals surface area contributed by atoms with Crippen molar-refractivity contribution in [3.8, 4) is 0 Å². The van der Waals surface area contributed by atoms with Crippen LogP contribution in [0.5, 0.6) is 0 Å². The van der Waals surface area contributed by atoms with Gasteiger partial charge in [-0.1, -0.05) is 11.3 Å². The number of nitrogens with zero attached hydrogens (tertiary/aromatic N) is 5. The molecule has 0 radical (unpaired) electrons. The average Bonchev–Trinajstić information content (AvgIpc) is 2.97. The molecule has 1 aliphatic heterocycles. The quantitative estimate of drug-likeness (QED) is 0.850. The third-order valence-corrected chi connectivity index (χ3v) is 5.39. The Hall–Kier alpha value is -1.21. The fourth-order valence-electron chi connectivity index (χ4n) is 2.09. The van der Waals surface area contributed by atoms with Gasteiger partial charge in [-0.2, -0.15) is 0 Å². The maximum Gasteiger partial charge on any atom is 0.208 e. The van der Waals surface area contributed by atoms with Crippen LogP contribution < -0.4 is 9.80 Å². The zero-order chi connectivity index (χ0) is 13.4. The monoisotopic (exact) mass is 295 g/mol. The molecular weight excluding hydrogens is 278 g/mol. The molecule has 0 bridgehead atoms. The van der Waals surface area contributed by atoms with Crippen LogP contribution in [0.3, 0.4) is 0 Å². The van der Waals surface area contributed by atoms with Gasteiger partial charge >= 0.3 is 0 Å². The molecule has 1 saturated heterocycles. The van der Waals surface area contributed by atoms with E-state index in [1.165, 1.54) is 4.88 Å². The molecule has 1 aliphatic rings. The zero-order valence-corrected chi connectivity index (χ0v) is 13.0. The summed E-state index contributed by atoms with van der Waals surface area (Å²) < 4.78 is 0. The highest BCUT2D eigenvalue weighted by molar-refractivity contribution is 7.15. The second-order valence-corrected chi connectivity index (χ2v) is 7.06. The highest BCUT2D eigenvalue weighted by Gasteiger charge is 2.21. The molecule has 0 amide bonds. The number of piperazine rings is 1. The lowest BCUT2D eigenvalue weighted by atomic mass is 10.3. The van der Waals surface area contributed by atoms with E-state index in [0.29, 0.717) is 0 Å². The molecule has 0 aromatic carbocycles. The Morgan fingerprint density at radius 3 is 1.95 bits per heavy atom. The van der Waals surface area contributed by atoms with Gasteiger partial charge in [0.15, 0.2) is 5.13 Å². The summed E-state index contributed by atoms with van der Waals surface area (Å²) in [6, 6.07) is 0. The number of hydrogen-bond acceptors (Lipinski definition) is 7. The normalized spacial score (nSPS) is 16.2. The molecule has 0 spiro atoms. The van der Waals surface area contributed by atoms with Crippen LogP contribution in [0.15, 0.2) is 0 Å². The molecule has 5 nitrogen and oxygen atoms in total. The first-order valence-corrected chi connectivity index (χ1v) is 8.01. The molecule has 0 aliphatic carbocycles. The van der Waals surface area contributed by atoms with Gasteiger partial charge in [-0.15, -0.1) is 21.5 Å². The Labute approximate surface area is 120 Å². The minimum Gasteiger partial charge on any atom is -0.345 e. The SMILES string of the molecule is Cc1nnc(N2CCN(c3nc(C)c(C)s3)CC2)s1. The van der Waals surface area contributed by atoms with Crippen LogP contribution >= 0.6 is 22.7 Å². The van der Waals surface area contributed by atoms with E-state index in [4.69, 9.17) is 0 Å². The number of rotatable bonds is 2. The molecule has 0 unspecified atom stereocenters. The van der Waals surface area contributed by atoms with Crippen LogP contribution in [0.25, 0.3) is 0 Å². The van der Waals surface area contributed by atoms with Gasteiger partial charge in [0.25, 0.3) is 0 Å². The molecule has 0 saturated carbocycles. The molecule has 2 aromatic rings. The van der Waals surface area contributed by atoms with Crippen molar-refractivity contribution in [2.24, 2.45) is 0 Å². The molecule has 0 atom stereocenters. The summed E-state index contributed by atoms with van der Waals surface area (Å²) in [7, 11) is 0. The number of aromatic nitrogens is 3. The molecule has 19 heavy (non-hydrogen) atoms. The number of thiazole rings is 1. The zero-order valence-electron chi connectivity index (χ0n) is 11.4. The average molecular weight is 295 g/mol. The second kappa shape index (κ2) is 5.05. The smallest absolute Gasteiger partial charge is 0.208 e. The van der Waals surface area contributed by atoms with Gasteiger partial charge < -0.3 is 9.80 Å². The molecule has 0 N–H and O–H groups in total. The summed E-state index contributed by atoms with van der Waals surface area (Å²) >= 11 is 3.46. The molecule has 3 rings (SSSR count). The largest absolute Gasteiger partial charge is 0.345 e. The third-order valence-electron chi connectivity index (χ3n) is 3.35. The van der Waals surface area contributed by atoms with Gasteiger partial charge in [0.1, 0.15) is 5.01 Å². The highest BCUT2D eigenvalue weighted by Crippen LogP contribution is 2.27. The first-order valence-electron chi connectivity index (χ1n) is 6.37. The molecule has 102 valence electrons. The van der Waals surface area contributed by atoms with Gasteiger partial charge in [0.05, 0.1) is 5.69 Å². The van der Waals surface area contributed by atoms with E-state index in [1.807, 2.05) is 6.92 Å². The van der Waals surface area contributed by atoms with Crippen LogP contribution in [0.1, 0.15) is 15.6 Å². The molecular formula is C12H17N5S2. The van der Waals surface area contributed by atoms with E-state index >= 15 is 0 Å². The third kappa shape index (κ3) is 2.57. The van der Waals surface area contributed by atoms with Gasteiger partial charge in [-0.05, 0) is 20.8 Å². The Morgan fingerprint density at radius 2 is 1.47 bits per heavy atom. The van der Waals surface area contributed by atoms with E-state index in [0.717, 1.165) is 47.1 Å². The Kier molecular flexibility index (Phi) is 3.40. The summed E-state index contributed by atoms with van der Waals surface area (Å²) in [6.45, 7) is 10.2. The lowest BCUT2D eigenvalue weighted by Gasteiger charge is -2.34. The van der Waals surface area contributed by atoms with Gasteiger partial charge in [0, 0.05) is 31.1 Å². The summed E-state index contributed by atoms with van der Waals surface area (Å²) in [5, 5.41) is 11.5. The van der Waals surface area contributed by atoms with E-state index in [9.17, 15) is 0 Å². The number of aryl methyl sites for hydroxylation is 3. The lowest BCUT2D eigenvalue weighted by molar-refractivity contribution is 0.648. The van der Waals surface area contributed by atoms with Crippen molar-refractivity contribution in [1.29, 1.82) is 0 Å². The molecule has 3 heterocycles. The van der Waals surface area contributed by atoms with Crippen molar-refractivity contribution in [2.45, 2.75) is 20.8 Å². The van der Waals surface area contributed by atoms with E-state index in [2.05, 4.69) is 38.8 Å². The Morgan fingerprint density at radius 1 is 0.842 bits per heavy atom. The fourth-order valence-corrected chi connectivity index (χ4v) is 3.79. The summed E-state index contributed by atoms with van der Waals surface area (Å²) in [6.07, 6.45) is 0. The van der Waals surface area contributed by atoms with Gasteiger partial charge in [-0.25, -0.2) is 4.98 Å². The molecule has 1 fully saturated rings. The first-order chi connectivity index (χ1) is 9.13. The van der Waals surface area contributed by atoms with Crippen LogP contribution in [-0.2, 0) is 0 Å². The topological polar surface area (TPSA) is 45.2 Å². The highest BCUT2D eigenvalue weighted by atomic mass is 32.1. The van der Waals surface area contributed by atoms with E-state index in [-0.39, 0.29) is 0 Å².